The van der Waals surface area contributed by atoms with E-state index in [1.165, 1.54) is 17.3 Å². The average molecular weight is 295 g/mol. The van der Waals surface area contributed by atoms with Gasteiger partial charge in [-0.15, -0.1) is 0 Å². The number of carbonyl (C=O) groups is 1. The second-order valence-electron chi connectivity index (χ2n) is 3.67. The highest BCUT2D eigenvalue weighted by Crippen LogP contribution is 2.27. The van der Waals surface area contributed by atoms with Gasteiger partial charge in [-0.3, -0.25) is 9.78 Å². The highest BCUT2D eigenvalue weighted by Gasteiger charge is 2.38. The summed E-state index contributed by atoms with van der Waals surface area (Å²) < 4.78 is 22.3. The third-order valence-corrected chi connectivity index (χ3v) is 4.56. The molecule has 5 nitrogen and oxygen atoms in total. The van der Waals surface area contributed by atoms with E-state index >= 15 is 0 Å². The third kappa shape index (κ3) is 2.70. The van der Waals surface area contributed by atoms with Crippen LogP contribution >= 0.6 is 22.3 Å². The summed E-state index contributed by atoms with van der Waals surface area (Å²) in [5.41, 5.74) is 0.477. The molecule has 92 valence electrons. The maximum absolute atomic E-state index is 11.7. The fraction of sp³-hybridized carbons (Fsp3) is 0.333. The number of hydrogen-bond acceptors (Lipinski definition) is 4. The molecule has 0 aliphatic carbocycles. The van der Waals surface area contributed by atoms with Crippen LogP contribution in [0.5, 0.6) is 0 Å². The Kier molecular flexibility index (Phi) is 3.29. The molecule has 1 aliphatic heterocycles. The molecule has 0 N–H and O–H groups in total. The van der Waals surface area contributed by atoms with Crippen LogP contribution in [0.3, 0.4) is 0 Å². The number of amides is 1. The van der Waals surface area contributed by atoms with Crippen LogP contribution < -0.4 is 4.90 Å². The van der Waals surface area contributed by atoms with E-state index in [1.807, 2.05) is 0 Å². The molecule has 17 heavy (non-hydrogen) atoms. The molecule has 1 fully saturated rings. The first-order chi connectivity index (χ1) is 7.88. The smallest absolute Gasteiger partial charge is 0.237 e. The number of carbonyl (C=O) groups excluding carboxylic acids is 1. The number of aromatic nitrogens is 1. The van der Waals surface area contributed by atoms with Crippen molar-refractivity contribution in [3.63, 3.8) is 0 Å². The lowest BCUT2D eigenvalue weighted by Gasteiger charge is -2.15. The van der Waals surface area contributed by atoms with Crippen molar-refractivity contribution in [2.45, 2.75) is 11.7 Å². The molecule has 1 saturated heterocycles. The van der Waals surface area contributed by atoms with Crippen molar-refractivity contribution < 1.29 is 13.2 Å². The molecule has 0 radical (unpaired) electrons. The molecule has 1 aliphatic rings. The van der Waals surface area contributed by atoms with Gasteiger partial charge < -0.3 is 4.90 Å². The van der Waals surface area contributed by atoms with E-state index in [1.54, 1.807) is 6.07 Å². The lowest BCUT2D eigenvalue weighted by molar-refractivity contribution is -0.117. The Morgan fingerprint density at radius 2 is 2.12 bits per heavy atom. The fourth-order valence-corrected chi connectivity index (χ4v) is 2.86. The van der Waals surface area contributed by atoms with E-state index in [9.17, 15) is 13.2 Å². The molecule has 0 saturated carbocycles. The molecule has 1 aromatic heterocycles. The molecule has 1 aromatic rings. The van der Waals surface area contributed by atoms with E-state index in [4.69, 9.17) is 22.3 Å². The maximum atomic E-state index is 11.7. The van der Waals surface area contributed by atoms with E-state index in [-0.39, 0.29) is 18.9 Å². The van der Waals surface area contributed by atoms with Gasteiger partial charge in [0, 0.05) is 29.8 Å². The molecule has 1 amide bonds. The van der Waals surface area contributed by atoms with Gasteiger partial charge in [0.05, 0.1) is 16.9 Å². The normalized spacial score (nSPS) is 20.9. The van der Waals surface area contributed by atoms with Crippen LogP contribution in [0.15, 0.2) is 18.5 Å². The molecule has 1 atom stereocenters. The van der Waals surface area contributed by atoms with Crippen LogP contribution in [0, 0.1) is 0 Å². The minimum atomic E-state index is -3.73. The first-order valence-corrected chi connectivity index (χ1v) is 7.47. The predicted octanol–water partition coefficient (Wildman–Crippen LogP) is 1.41. The van der Waals surface area contributed by atoms with Crippen LogP contribution in [0.4, 0.5) is 5.69 Å². The number of anilines is 1. The second-order valence-corrected chi connectivity index (χ2v) is 7.01. The summed E-state index contributed by atoms with van der Waals surface area (Å²) in [4.78, 5) is 16.8. The van der Waals surface area contributed by atoms with Crippen LogP contribution in [-0.4, -0.2) is 31.1 Å². The molecule has 0 bridgehead atoms. The highest BCUT2D eigenvalue weighted by molar-refractivity contribution is 8.14. The largest absolute Gasteiger partial charge is 0.309 e. The van der Waals surface area contributed by atoms with E-state index in [2.05, 4.69) is 4.98 Å². The first kappa shape index (κ1) is 12.6. The zero-order valence-electron chi connectivity index (χ0n) is 8.51. The lowest BCUT2D eigenvalue weighted by atomic mass is 10.4. The Hall–Kier alpha value is -0.850. The van der Waals surface area contributed by atoms with E-state index in [0.29, 0.717) is 10.7 Å². The standard InChI is InChI=1S/C9H8Cl2N2O3S/c10-6-1-7(4-12-3-6)13-5-8(2-9(13)14)17(11,15)16/h1,3-4,8H,2,5H2. The SMILES string of the molecule is O=C1CC(S(=O)(=O)Cl)CN1c1cncc(Cl)c1. The number of nitrogens with zero attached hydrogens (tertiary/aromatic N) is 2. The summed E-state index contributed by atoms with van der Waals surface area (Å²) in [6, 6.07) is 1.55. The molecule has 8 heteroatoms. The van der Waals surface area contributed by atoms with Crippen molar-refractivity contribution in [2.75, 3.05) is 11.4 Å². The summed E-state index contributed by atoms with van der Waals surface area (Å²) in [7, 11) is 1.51. The van der Waals surface area contributed by atoms with Gasteiger partial charge in [0.2, 0.25) is 15.0 Å². The van der Waals surface area contributed by atoms with Gasteiger partial charge in [-0.25, -0.2) is 8.42 Å². The van der Waals surface area contributed by atoms with Gasteiger partial charge in [0.1, 0.15) is 5.25 Å². The minimum Gasteiger partial charge on any atom is -0.309 e. The lowest BCUT2D eigenvalue weighted by Crippen LogP contribution is -2.26. The van der Waals surface area contributed by atoms with Crippen molar-refractivity contribution >= 4 is 42.9 Å². The molecular weight excluding hydrogens is 287 g/mol. The summed E-state index contributed by atoms with van der Waals surface area (Å²) in [5, 5.41) is -0.497. The van der Waals surface area contributed by atoms with Gasteiger partial charge in [-0.05, 0) is 6.07 Å². The average Bonchev–Trinajstić information content (AvgIpc) is 2.60. The van der Waals surface area contributed by atoms with Gasteiger partial charge in [-0.1, -0.05) is 11.6 Å². The van der Waals surface area contributed by atoms with Gasteiger partial charge in [-0.2, -0.15) is 0 Å². The maximum Gasteiger partial charge on any atom is 0.237 e. The first-order valence-electron chi connectivity index (χ1n) is 4.72. The summed E-state index contributed by atoms with van der Waals surface area (Å²) in [5.74, 6) is -0.303. The Bertz CT molecular complexity index is 561. The van der Waals surface area contributed by atoms with Gasteiger partial charge >= 0.3 is 0 Å². The molecule has 0 aromatic carbocycles. The van der Waals surface area contributed by atoms with Gasteiger partial charge in [0.15, 0.2) is 0 Å². The monoisotopic (exact) mass is 294 g/mol. The Morgan fingerprint density at radius 1 is 1.41 bits per heavy atom. The second kappa shape index (κ2) is 4.44. The fourth-order valence-electron chi connectivity index (χ4n) is 1.66. The van der Waals surface area contributed by atoms with Crippen LogP contribution in [0.1, 0.15) is 6.42 Å². The van der Waals surface area contributed by atoms with E-state index < -0.39 is 14.3 Å². The Labute approximate surface area is 108 Å². The molecule has 1 unspecified atom stereocenters. The summed E-state index contributed by atoms with van der Waals surface area (Å²) in [6.45, 7) is 0.0344. The van der Waals surface area contributed by atoms with E-state index in [0.717, 1.165) is 0 Å². The van der Waals surface area contributed by atoms with Crippen LogP contribution in [0.2, 0.25) is 5.02 Å². The topological polar surface area (TPSA) is 67.3 Å². The van der Waals surface area contributed by atoms with Crippen molar-refractivity contribution in [2.24, 2.45) is 0 Å². The predicted molar refractivity (Wildman–Crippen MR) is 64.8 cm³/mol. The molecule has 0 spiro atoms. The quantitative estimate of drug-likeness (QED) is 0.774. The molecule has 2 rings (SSSR count). The third-order valence-electron chi connectivity index (χ3n) is 2.49. The Balaban J connectivity index is 2.28. The minimum absolute atomic E-state index is 0.0344. The zero-order chi connectivity index (χ0) is 12.6. The summed E-state index contributed by atoms with van der Waals surface area (Å²) in [6.07, 6.45) is 2.77. The van der Waals surface area contributed by atoms with Gasteiger partial charge in [0.25, 0.3) is 0 Å². The Morgan fingerprint density at radius 3 is 2.65 bits per heavy atom. The van der Waals surface area contributed by atoms with Crippen molar-refractivity contribution in [1.82, 2.24) is 4.98 Å². The van der Waals surface area contributed by atoms with Crippen molar-refractivity contribution in [3.8, 4) is 0 Å². The van der Waals surface area contributed by atoms with Crippen LogP contribution in [0.25, 0.3) is 0 Å². The number of pyridine rings is 1. The number of halogens is 2. The summed E-state index contributed by atoms with van der Waals surface area (Å²) >= 11 is 5.75. The van der Waals surface area contributed by atoms with Crippen molar-refractivity contribution in [3.05, 3.63) is 23.5 Å². The van der Waals surface area contributed by atoms with Crippen molar-refractivity contribution in [1.29, 1.82) is 0 Å². The molecular formula is C9H8Cl2N2O3S. The zero-order valence-corrected chi connectivity index (χ0v) is 10.8. The number of hydrogen-bond donors (Lipinski definition) is 0. The number of rotatable bonds is 2. The highest BCUT2D eigenvalue weighted by atomic mass is 35.7. The van der Waals surface area contributed by atoms with Crippen LogP contribution in [-0.2, 0) is 13.8 Å². The molecule has 2 heterocycles.